The molecule has 1 heterocycles. The molecule has 3 nitrogen and oxygen atoms in total. The molecule has 0 aliphatic heterocycles. The molecule has 82 valence electrons. The molecule has 0 spiro atoms. The highest BCUT2D eigenvalue weighted by atomic mass is 35.5. The molecule has 1 aromatic rings. The van der Waals surface area contributed by atoms with Gasteiger partial charge in [-0.1, -0.05) is 13.8 Å². The SMILES string of the molecule is CC(C)(CO)[C@@H](N)c1ccc(Cl)o1.Cl. The van der Waals surface area contributed by atoms with E-state index in [0.29, 0.717) is 11.0 Å². The number of aliphatic hydroxyl groups excluding tert-OH is 1. The fourth-order valence-electron chi connectivity index (χ4n) is 0.979. The van der Waals surface area contributed by atoms with Crippen LogP contribution in [-0.4, -0.2) is 11.7 Å². The number of furan rings is 1. The van der Waals surface area contributed by atoms with Gasteiger partial charge in [-0.25, -0.2) is 0 Å². The summed E-state index contributed by atoms with van der Waals surface area (Å²) in [5.74, 6) is 0.601. The average molecular weight is 240 g/mol. The normalized spacial score (nSPS) is 13.5. The van der Waals surface area contributed by atoms with Crippen molar-refractivity contribution in [3.05, 3.63) is 23.1 Å². The molecule has 0 bridgehead atoms. The van der Waals surface area contributed by atoms with E-state index in [-0.39, 0.29) is 25.1 Å². The van der Waals surface area contributed by atoms with Gasteiger partial charge in [-0.05, 0) is 23.7 Å². The van der Waals surface area contributed by atoms with Crippen LogP contribution in [0, 0.1) is 5.41 Å². The Bertz CT molecular complexity index is 286. The smallest absolute Gasteiger partial charge is 0.193 e. The van der Waals surface area contributed by atoms with Crippen molar-refractivity contribution < 1.29 is 9.52 Å². The molecule has 1 atom stereocenters. The molecule has 0 aromatic carbocycles. The summed E-state index contributed by atoms with van der Waals surface area (Å²) in [6.07, 6.45) is 0. The first-order valence-corrected chi connectivity index (χ1v) is 4.47. The zero-order valence-electron chi connectivity index (χ0n) is 8.16. The summed E-state index contributed by atoms with van der Waals surface area (Å²) in [5.41, 5.74) is 5.48. The Kier molecular flexibility index (Phi) is 4.95. The third-order valence-electron chi connectivity index (χ3n) is 2.15. The molecule has 0 amide bonds. The first-order valence-electron chi connectivity index (χ1n) is 4.09. The van der Waals surface area contributed by atoms with Gasteiger partial charge in [0.1, 0.15) is 5.76 Å². The van der Waals surface area contributed by atoms with E-state index in [4.69, 9.17) is 26.9 Å². The number of nitrogens with two attached hydrogens (primary N) is 1. The monoisotopic (exact) mass is 239 g/mol. The van der Waals surface area contributed by atoms with E-state index < -0.39 is 5.41 Å². The second-order valence-electron chi connectivity index (χ2n) is 3.77. The third-order valence-corrected chi connectivity index (χ3v) is 2.35. The topological polar surface area (TPSA) is 59.4 Å². The van der Waals surface area contributed by atoms with Crippen molar-refractivity contribution in [1.29, 1.82) is 0 Å². The van der Waals surface area contributed by atoms with Crippen LogP contribution in [0.15, 0.2) is 16.5 Å². The van der Waals surface area contributed by atoms with Gasteiger partial charge in [0.15, 0.2) is 5.22 Å². The first-order chi connectivity index (χ1) is 5.97. The molecule has 0 aliphatic rings. The maximum atomic E-state index is 9.08. The summed E-state index contributed by atoms with van der Waals surface area (Å²) in [6, 6.07) is 3.03. The molecule has 0 saturated carbocycles. The highest BCUT2D eigenvalue weighted by Crippen LogP contribution is 2.32. The Morgan fingerprint density at radius 3 is 2.50 bits per heavy atom. The Morgan fingerprint density at radius 2 is 2.14 bits per heavy atom. The Labute approximate surface area is 94.6 Å². The van der Waals surface area contributed by atoms with E-state index in [1.807, 2.05) is 13.8 Å². The first kappa shape index (κ1) is 13.8. The Morgan fingerprint density at radius 1 is 1.57 bits per heavy atom. The molecule has 0 radical (unpaired) electrons. The van der Waals surface area contributed by atoms with Gasteiger partial charge in [-0.2, -0.15) is 0 Å². The lowest BCUT2D eigenvalue weighted by atomic mass is 9.84. The van der Waals surface area contributed by atoms with Crippen LogP contribution in [0.4, 0.5) is 0 Å². The van der Waals surface area contributed by atoms with Gasteiger partial charge < -0.3 is 15.3 Å². The lowest BCUT2D eigenvalue weighted by Gasteiger charge is -2.27. The van der Waals surface area contributed by atoms with E-state index in [9.17, 15) is 0 Å². The second-order valence-corrected chi connectivity index (χ2v) is 4.14. The van der Waals surface area contributed by atoms with Crippen molar-refractivity contribution in [2.45, 2.75) is 19.9 Å². The molecule has 0 aliphatic carbocycles. The zero-order valence-corrected chi connectivity index (χ0v) is 9.73. The van der Waals surface area contributed by atoms with Crippen LogP contribution in [0.25, 0.3) is 0 Å². The van der Waals surface area contributed by atoms with E-state index in [2.05, 4.69) is 0 Å². The van der Waals surface area contributed by atoms with Crippen molar-refractivity contribution in [2.24, 2.45) is 11.1 Å². The molecule has 0 unspecified atom stereocenters. The van der Waals surface area contributed by atoms with Crippen molar-refractivity contribution in [3.8, 4) is 0 Å². The summed E-state index contributed by atoms with van der Waals surface area (Å²) in [4.78, 5) is 0. The van der Waals surface area contributed by atoms with Crippen molar-refractivity contribution in [2.75, 3.05) is 6.61 Å². The molecule has 0 fully saturated rings. The van der Waals surface area contributed by atoms with Gasteiger partial charge >= 0.3 is 0 Å². The maximum absolute atomic E-state index is 9.08. The van der Waals surface area contributed by atoms with Crippen LogP contribution in [-0.2, 0) is 0 Å². The number of halogens is 2. The Balaban J connectivity index is 0.00000169. The van der Waals surface area contributed by atoms with Crippen LogP contribution in [0.2, 0.25) is 5.22 Å². The summed E-state index contributed by atoms with van der Waals surface area (Å²) >= 11 is 5.61. The van der Waals surface area contributed by atoms with Gasteiger partial charge in [0.25, 0.3) is 0 Å². The van der Waals surface area contributed by atoms with Crippen LogP contribution < -0.4 is 5.73 Å². The predicted octanol–water partition coefficient (Wildman–Crippen LogP) is 2.37. The fraction of sp³-hybridized carbons (Fsp3) is 0.556. The van der Waals surface area contributed by atoms with Gasteiger partial charge in [0.2, 0.25) is 0 Å². The van der Waals surface area contributed by atoms with Crippen molar-refractivity contribution in [3.63, 3.8) is 0 Å². The maximum Gasteiger partial charge on any atom is 0.193 e. The molecule has 14 heavy (non-hydrogen) atoms. The molecule has 3 N–H and O–H groups in total. The average Bonchev–Trinajstić information content (AvgIpc) is 2.50. The molecule has 1 aromatic heterocycles. The van der Waals surface area contributed by atoms with Gasteiger partial charge in [0, 0.05) is 5.41 Å². The van der Waals surface area contributed by atoms with Crippen LogP contribution in [0.1, 0.15) is 25.6 Å². The van der Waals surface area contributed by atoms with Gasteiger partial charge in [-0.15, -0.1) is 12.4 Å². The summed E-state index contributed by atoms with van der Waals surface area (Å²) < 4.78 is 5.16. The number of hydrogen-bond donors (Lipinski definition) is 2. The van der Waals surface area contributed by atoms with Gasteiger partial charge in [-0.3, -0.25) is 0 Å². The highest BCUT2D eigenvalue weighted by molar-refractivity contribution is 6.28. The molecular formula is C9H15Cl2NO2. The second kappa shape index (κ2) is 5.03. The molecule has 1 rings (SSSR count). The minimum atomic E-state index is -0.402. The van der Waals surface area contributed by atoms with E-state index in [0.717, 1.165) is 0 Å². The predicted molar refractivity (Wildman–Crippen MR) is 58.8 cm³/mol. The summed E-state index contributed by atoms with van der Waals surface area (Å²) in [6.45, 7) is 3.74. The molecule has 5 heteroatoms. The van der Waals surface area contributed by atoms with E-state index in [1.165, 1.54) is 0 Å². The minimum Gasteiger partial charge on any atom is -0.448 e. The summed E-state index contributed by atoms with van der Waals surface area (Å²) in [5, 5.41) is 9.40. The number of hydrogen-bond acceptors (Lipinski definition) is 3. The summed E-state index contributed by atoms with van der Waals surface area (Å²) in [7, 11) is 0. The van der Waals surface area contributed by atoms with Gasteiger partial charge in [0.05, 0.1) is 12.6 Å². The lowest BCUT2D eigenvalue weighted by Crippen LogP contribution is -2.32. The number of rotatable bonds is 3. The fourth-order valence-corrected chi connectivity index (χ4v) is 1.13. The van der Waals surface area contributed by atoms with E-state index in [1.54, 1.807) is 12.1 Å². The van der Waals surface area contributed by atoms with Crippen molar-refractivity contribution >= 4 is 24.0 Å². The Hall–Kier alpha value is -0.220. The molecular weight excluding hydrogens is 225 g/mol. The minimum absolute atomic E-state index is 0. The van der Waals surface area contributed by atoms with Crippen LogP contribution in [0.3, 0.4) is 0 Å². The lowest BCUT2D eigenvalue weighted by molar-refractivity contribution is 0.123. The zero-order chi connectivity index (χ0) is 10.1. The van der Waals surface area contributed by atoms with E-state index >= 15 is 0 Å². The van der Waals surface area contributed by atoms with Crippen LogP contribution >= 0.6 is 24.0 Å². The van der Waals surface area contributed by atoms with Crippen molar-refractivity contribution in [1.82, 2.24) is 0 Å². The quantitative estimate of drug-likeness (QED) is 0.852. The standard InChI is InChI=1S/C9H14ClNO2.ClH/c1-9(2,5-12)8(11)6-3-4-7(10)13-6;/h3-4,8,12H,5,11H2,1-2H3;1H/t8-;/m0./s1. The third kappa shape index (κ3) is 2.89. The largest absolute Gasteiger partial charge is 0.448 e. The highest BCUT2D eigenvalue weighted by Gasteiger charge is 2.29. The van der Waals surface area contributed by atoms with Crippen LogP contribution in [0.5, 0.6) is 0 Å². The molecule has 0 saturated heterocycles. The number of aliphatic hydroxyl groups is 1.